The molecule has 0 atom stereocenters. The number of aryl methyl sites for hydroxylation is 2. The normalized spacial score (nSPS) is 10.6. The van der Waals surface area contributed by atoms with Crippen molar-refractivity contribution in [1.82, 2.24) is 5.32 Å². The second kappa shape index (κ2) is 7.36. The summed E-state index contributed by atoms with van der Waals surface area (Å²) in [5.74, 6) is 0.621. The molecule has 0 fully saturated rings. The van der Waals surface area contributed by atoms with Gasteiger partial charge in [0.1, 0.15) is 5.75 Å². The van der Waals surface area contributed by atoms with Gasteiger partial charge in [-0.15, -0.1) is 12.4 Å². The molecular weight excluding hydrogens is 264 g/mol. The van der Waals surface area contributed by atoms with Gasteiger partial charge in [0.15, 0.2) is 6.61 Å². The number of amides is 1. The Morgan fingerprint density at radius 3 is 2.32 bits per heavy atom. The number of halogens is 1. The van der Waals surface area contributed by atoms with E-state index in [1.165, 1.54) is 0 Å². The van der Waals surface area contributed by atoms with Gasteiger partial charge in [0.2, 0.25) is 0 Å². The largest absolute Gasteiger partial charge is 0.483 e. The summed E-state index contributed by atoms with van der Waals surface area (Å²) in [6, 6.07) is 5.89. The van der Waals surface area contributed by atoms with Crippen molar-refractivity contribution < 1.29 is 9.53 Å². The first-order chi connectivity index (χ1) is 8.29. The molecule has 5 heteroatoms. The van der Waals surface area contributed by atoms with Crippen LogP contribution >= 0.6 is 12.4 Å². The summed E-state index contributed by atoms with van der Waals surface area (Å²) in [6.45, 7) is 8.09. The van der Waals surface area contributed by atoms with E-state index < -0.39 is 5.54 Å². The summed E-state index contributed by atoms with van der Waals surface area (Å²) in [5, 5.41) is 2.74. The highest BCUT2D eigenvalue weighted by Crippen LogP contribution is 2.21. The zero-order valence-corrected chi connectivity index (χ0v) is 12.8. The lowest BCUT2D eigenvalue weighted by atomic mass is 10.1. The Morgan fingerprint density at radius 2 is 1.84 bits per heavy atom. The molecule has 4 nitrogen and oxygen atoms in total. The summed E-state index contributed by atoms with van der Waals surface area (Å²) in [4.78, 5) is 11.6. The van der Waals surface area contributed by atoms with E-state index in [1.54, 1.807) is 0 Å². The lowest BCUT2D eigenvalue weighted by Crippen LogP contribution is -2.46. The van der Waals surface area contributed by atoms with E-state index in [4.69, 9.17) is 10.5 Å². The molecule has 0 aromatic heterocycles. The van der Waals surface area contributed by atoms with E-state index in [0.29, 0.717) is 6.54 Å². The van der Waals surface area contributed by atoms with Crippen molar-refractivity contribution >= 4 is 18.3 Å². The number of hydrogen-bond acceptors (Lipinski definition) is 3. The Morgan fingerprint density at radius 1 is 1.32 bits per heavy atom. The molecule has 0 aliphatic heterocycles. The molecule has 108 valence electrons. The monoisotopic (exact) mass is 286 g/mol. The number of ether oxygens (including phenoxy) is 1. The predicted molar refractivity (Wildman–Crippen MR) is 79.9 cm³/mol. The molecule has 0 spiro atoms. The fraction of sp³-hybridized carbons (Fsp3) is 0.500. The number of para-hydroxylation sites is 1. The Balaban J connectivity index is 0.00000324. The van der Waals surface area contributed by atoms with Crippen molar-refractivity contribution in [2.75, 3.05) is 13.2 Å². The number of benzene rings is 1. The van der Waals surface area contributed by atoms with Gasteiger partial charge in [0, 0.05) is 12.1 Å². The molecule has 1 aromatic rings. The first-order valence-electron chi connectivity index (χ1n) is 6.04. The molecule has 1 amide bonds. The zero-order valence-electron chi connectivity index (χ0n) is 11.9. The van der Waals surface area contributed by atoms with Crippen LogP contribution in [0.1, 0.15) is 25.0 Å². The number of carbonyl (C=O) groups excluding carboxylic acids is 1. The number of hydrogen-bond donors (Lipinski definition) is 2. The van der Waals surface area contributed by atoms with Gasteiger partial charge < -0.3 is 15.8 Å². The van der Waals surface area contributed by atoms with E-state index in [1.807, 2.05) is 45.9 Å². The molecule has 0 aliphatic carbocycles. The summed E-state index contributed by atoms with van der Waals surface area (Å²) >= 11 is 0. The molecule has 0 radical (unpaired) electrons. The summed E-state index contributed by atoms with van der Waals surface area (Å²) in [5.41, 5.74) is 7.43. The third kappa shape index (κ3) is 6.45. The molecule has 0 saturated carbocycles. The second-order valence-corrected chi connectivity index (χ2v) is 5.27. The smallest absolute Gasteiger partial charge is 0.258 e. The molecule has 0 heterocycles. The van der Waals surface area contributed by atoms with Gasteiger partial charge in [0.05, 0.1) is 0 Å². The Hall–Kier alpha value is -1.26. The van der Waals surface area contributed by atoms with Crippen molar-refractivity contribution in [3.63, 3.8) is 0 Å². The number of carbonyl (C=O) groups is 1. The van der Waals surface area contributed by atoms with Crippen LogP contribution in [0.3, 0.4) is 0 Å². The van der Waals surface area contributed by atoms with Gasteiger partial charge >= 0.3 is 0 Å². The van der Waals surface area contributed by atoms with E-state index >= 15 is 0 Å². The maximum absolute atomic E-state index is 11.6. The van der Waals surface area contributed by atoms with Crippen molar-refractivity contribution in [2.45, 2.75) is 33.2 Å². The number of nitrogens with two attached hydrogens (primary N) is 1. The van der Waals surface area contributed by atoms with E-state index in [2.05, 4.69) is 5.32 Å². The first kappa shape index (κ1) is 17.7. The van der Waals surface area contributed by atoms with Gasteiger partial charge in [0.25, 0.3) is 5.91 Å². The zero-order chi connectivity index (χ0) is 13.8. The molecule has 19 heavy (non-hydrogen) atoms. The fourth-order valence-corrected chi connectivity index (χ4v) is 1.54. The van der Waals surface area contributed by atoms with Crippen LogP contribution in [0.5, 0.6) is 5.75 Å². The fourth-order valence-electron chi connectivity index (χ4n) is 1.54. The average molecular weight is 287 g/mol. The highest BCUT2D eigenvalue weighted by atomic mass is 35.5. The standard InChI is InChI=1S/C14H22N2O2.ClH/c1-10-6-5-7-11(2)13(10)18-8-12(17)16-9-14(3,4)15;/h5-7H,8-9,15H2,1-4H3,(H,16,17);1H. The van der Waals surface area contributed by atoms with E-state index in [0.717, 1.165) is 16.9 Å². The first-order valence-corrected chi connectivity index (χ1v) is 6.04. The third-order valence-electron chi connectivity index (χ3n) is 2.50. The maximum atomic E-state index is 11.6. The Labute approximate surface area is 121 Å². The van der Waals surface area contributed by atoms with Crippen LogP contribution in [0.25, 0.3) is 0 Å². The van der Waals surface area contributed by atoms with Gasteiger partial charge in [-0.25, -0.2) is 0 Å². The summed E-state index contributed by atoms with van der Waals surface area (Å²) in [7, 11) is 0. The molecule has 0 unspecified atom stereocenters. The summed E-state index contributed by atoms with van der Waals surface area (Å²) < 4.78 is 5.54. The van der Waals surface area contributed by atoms with Gasteiger partial charge in [-0.05, 0) is 38.8 Å². The molecule has 0 saturated heterocycles. The second-order valence-electron chi connectivity index (χ2n) is 5.27. The molecule has 1 aromatic carbocycles. The van der Waals surface area contributed by atoms with Crippen molar-refractivity contribution in [3.8, 4) is 5.75 Å². The number of rotatable bonds is 5. The van der Waals surface area contributed by atoms with Crippen LogP contribution in [0, 0.1) is 13.8 Å². The lowest BCUT2D eigenvalue weighted by Gasteiger charge is -2.19. The topological polar surface area (TPSA) is 64.3 Å². The van der Waals surface area contributed by atoms with Crippen molar-refractivity contribution in [1.29, 1.82) is 0 Å². The quantitative estimate of drug-likeness (QED) is 0.870. The summed E-state index contributed by atoms with van der Waals surface area (Å²) in [6.07, 6.45) is 0. The molecule has 3 N–H and O–H groups in total. The van der Waals surface area contributed by atoms with Crippen LogP contribution in [0.2, 0.25) is 0 Å². The molecular formula is C14H23ClN2O2. The Kier molecular flexibility index (Phi) is 6.87. The molecule has 0 bridgehead atoms. The highest BCUT2D eigenvalue weighted by Gasteiger charge is 2.13. The van der Waals surface area contributed by atoms with Gasteiger partial charge in [-0.3, -0.25) is 4.79 Å². The third-order valence-corrected chi connectivity index (χ3v) is 2.50. The van der Waals surface area contributed by atoms with Crippen LogP contribution in [0.15, 0.2) is 18.2 Å². The van der Waals surface area contributed by atoms with Gasteiger partial charge in [-0.1, -0.05) is 18.2 Å². The SMILES string of the molecule is Cc1cccc(C)c1OCC(=O)NCC(C)(C)N.Cl. The minimum absolute atomic E-state index is 0. The minimum Gasteiger partial charge on any atom is -0.483 e. The predicted octanol–water partition coefficient (Wildman–Crippen LogP) is 1.96. The minimum atomic E-state index is -0.408. The van der Waals surface area contributed by atoms with Crippen LogP contribution in [-0.4, -0.2) is 24.6 Å². The van der Waals surface area contributed by atoms with Gasteiger partial charge in [-0.2, -0.15) is 0 Å². The van der Waals surface area contributed by atoms with E-state index in [9.17, 15) is 4.79 Å². The lowest BCUT2D eigenvalue weighted by molar-refractivity contribution is -0.123. The van der Waals surface area contributed by atoms with Crippen molar-refractivity contribution in [2.24, 2.45) is 5.73 Å². The molecule has 0 aliphatic rings. The van der Waals surface area contributed by atoms with E-state index in [-0.39, 0.29) is 24.9 Å². The van der Waals surface area contributed by atoms with Crippen LogP contribution < -0.4 is 15.8 Å². The maximum Gasteiger partial charge on any atom is 0.258 e. The average Bonchev–Trinajstić information content (AvgIpc) is 2.25. The van der Waals surface area contributed by atoms with Crippen LogP contribution in [-0.2, 0) is 4.79 Å². The van der Waals surface area contributed by atoms with Crippen LogP contribution in [0.4, 0.5) is 0 Å². The Bertz CT molecular complexity index is 408. The molecule has 1 rings (SSSR count). The highest BCUT2D eigenvalue weighted by molar-refractivity contribution is 5.85. The van der Waals surface area contributed by atoms with Crippen molar-refractivity contribution in [3.05, 3.63) is 29.3 Å². The number of nitrogens with one attached hydrogen (secondary N) is 1.